The maximum absolute atomic E-state index is 11.5. The van der Waals surface area contributed by atoms with Gasteiger partial charge < -0.3 is 9.59 Å². The van der Waals surface area contributed by atoms with Crippen LogP contribution in [-0.4, -0.2) is 64.2 Å². The average molecular weight is 282 g/mol. The van der Waals surface area contributed by atoms with Crippen LogP contribution in [0.5, 0.6) is 0 Å². The Bertz CT molecular complexity index is 372. The van der Waals surface area contributed by atoms with Crippen molar-refractivity contribution in [3.05, 3.63) is 0 Å². The molecular weight excluding hydrogens is 260 g/mol. The van der Waals surface area contributed by atoms with Gasteiger partial charge in [-0.05, 0) is 12.8 Å². The first-order chi connectivity index (χ1) is 8.08. The maximum atomic E-state index is 11.5. The number of nitrogens with zero attached hydrogens (tertiary/aromatic N) is 2. The summed E-state index contributed by atoms with van der Waals surface area (Å²) in [4.78, 5) is 4.02. The molecule has 0 aromatic rings. The summed E-state index contributed by atoms with van der Waals surface area (Å²) in [7, 11) is 2.89. The zero-order valence-electron chi connectivity index (χ0n) is 11.3. The molecule has 1 aliphatic heterocycles. The predicted molar refractivity (Wildman–Crippen MR) is 66.5 cm³/mol. The standard InChI is InChI=1S/C9H18N2O.CH4O4S/c1-11(2,3)8-6-4-5-7-10-9(8)12;1-5-6(2,3)4/h8H,4-7H2,1-3H3;1H3,(H,2,3,4). The molecule has 0 bridgehead atoms. The predicted octanol–water partition coefficient (Wildman–Crippen LogP) is -0.560. The fraction of sp³-hybridized carbons (Fsp3) is 0.900. The Labute approximate surface area is 109 Å². The lowest BCUT2D eigenvalue weighted by Crippen LogP contribution is -2.53. The van der Waals surface area contributed by atoms with Crippen molar-refractivity contribution in [1.82, 2.24) is 0 Å². The molecule has 0 saturated heterocycles. The lowest BCUT2D eigenvalue weighted by Gasteiger charge is -2.36. The van der Waals surface area contributed by atoms with Crippen molar-refractivity contribution in [2.75, 3.05) is 34.8 Å². The summed E-state index contributed by atoms with van der Waals surface area (Å²) in [5, 5.41) is 11.5. The Kier molecular flexibility index (Phi) is 6.76. The van der Waals surface area contributed by atoms with Crippen LogP contribution in [-0.2, 0) is 14.6 Å². The molecule has 0 aromatic carbocycles. The third-order valence-electron chi connectivity index (χ3n) is 2.58. The van der Waals surface area contributed by atoms with E-state index in [0.717, 1.165) is 32.9 Å². The van der Waals surface area contributed by atoms with Gasteiger partial charge in [0.15, 0.2) is 0 Å². The summed E-state index contributed by atoms with van der Waals surface area (Å²) in [6.07, 6.45) is 3.20. The third kappa shape index (κ3) is 7.59. The van der Waals surface area contributed by atoms with E-state index in [1.165, 1.54) is 0 Å². The van der Waals surface area contributed by atoms with Crippen molar-refractivity contribution < 1.29 is 26.7 Å². The van der Waals surface area contributed by atoms with Gasteiger partial charge in [-0.3, -0.25) is 13.7 Å². The van der Waals surface area contributed by atoms with Crippen molar-refractivity contribution in [2.45, 2.75) is 25.3 Å². The van der Waals surface area contributed by atoms with Crippen LogP contribution in [0.4, 0.5) is 0 Å². The quantitative estimate of drug-likeness (QED) is 0.540. The molecular formula is C10H22N2O5S. The van der Waals surface area contributed by atoms with Gasteiger partial charge in [0, 0.05) is 18.9 Å². The Hall–Kier alpha value is -0.700. The monoisotopic (exact) mass is 282 g/mol. The van der Waals surface area contributed by atoms with Gasteiger partial charge in [-0.25, -0.2) is 0 Å². The van der Waals surface area contributed by atoms with E-state index in [1.807, 2.05) is 0 Å². The largest absolute Gasteiger partial charge is 0.858 e. The van der Waals surface area contributed by atoms with E-state index >= 15 is 0 Å². The van der Waals surface area contributed by atoms with Gasteiger partial charge >= 0.3 is 10.4 Å². The van der Waals surface area contributed by atoms with E-state index in [4.69, 9.17) is 4.55 Å². The van der Waals surface area contributed by atoms with E-state index in [-0.39, 0.29) is 11.9 Å². The first-order valence-electron chi connectivity index (χ1n) is 5.63. The number of likely N-dealkylation sites (N-methyl/N-ethyl adjacent to an activating group) is 1. The molecule has 108 valence electrons. The zero-order chi connectivity index (χ0) is 14.4. The molecule has 0 radical (unpaired) electrons. The van der Waals surface area contributed by atoms with Gasteiger partial charge in [0.2, 0.25) is 0 Å². The summed E-state index contributed by atoms with van der Waals surface area (Å²) in [6, 6.07) is 0.0903. The normalized spacial score (nSPS) is 21.4. The van der Waals surface area contributed by atoms with Crippen molar-refractivity contribution in [1.29, 1.82) is 0 Å². The number of rotatable bonds is 2. The minimum absolute atomic E-state index is 0.0903. The van der Waals surface area contributed by atoms with Gasteiger partial charge in [0.25, 0.3) is 0 Å². The van der Waals surface area contributed by atoms with Crippen molar-refractivity contribution in [3.8, 4) is 0 Å². The van der Waals surface area contributed by atoms with Crippen LogP contribution in [0.15, 0.2) is 4.99 Å². The summed E-state index contributed by atoms with van der Waals surface area (Å²) in [6.45, 7) is 0.731. The highest BCUT2D eigenvalue weighted by molar-refractivity contribution is 7.80. The maximum Gasteiger partial charge on any atom is 0.397 e. The van der Waals surface area contributed by atoms with E-state index in [1.54, 1.807) is 0 Å². The van der Waals surface area contributed by atoms with Gasteiger partial charge in [-0.2, -0.15) is 8.42 Å². The molecule has 1 rings (SSSR count). The van der Waals surface area contributed by atoms with Gasteiger partial charge in [0.1, 0.15) is 6.04 Å². The van der Waals surface area contributed by atoms with E-state index in [0.29, 0.717) is 4.48 Å². The number of aliphatic imine (C=N–C) groups is 1. The van der Waals surface area contributed by atoms with Gasteiger partial charge in [0.05, 0.1) is 28.3 Å². The fourth-order valence-corrected chi connectivity index (χ4v) is 1.59. The second-order valence-corrected chi connectivity index (χ2v) is 6.13. The van der Waals surface area contributed by atoms with Crippen LogP contribution in [0.2, 0.25) is 0 Å². The lowest BCUT2D eigenvalue weighted by atomic mass is 10.1. The SMILES string of the molecule is COS(=O)(=O)O.C[N+](C)(C)C1CCCCN=C1[O-]. The molecule has 8 heteroatoms. The van der Waals surface area contributed by atoms with Crippen LogP contribution in [0.3, 0.4) is 0 Å². The molecule has 0 amide bonds. The smallest absolute Gasteiger partial charge is 0.397 e. The Morgan fingerprint density at radius 3 is 2.28 bits per heavy atom. The first-order valence-corrected chi connectivity index (χ1v) is 7.00. The van der Waals surface area contributed by atoms with Crippen LogP contribution in [0, 0.1) is 0 Å². The molecule has 1 heterocycles. The second kappa shape index (κ2) is 7.03. The second-order valence-electron chi connectivity index (χ2n) is 4.94. The molecule has 1 N–H and O–H groups in total. The fourth-order valence-electron chi connectivity index (χ4n) is 1.59. The molecule has 7 nitrogen and oxygen atoms in total. The Morgan fingerprint density at radius 1 is 1.39 bits per heavy atom. The van der Waals surface area contributed by atoms with Crippen LogP contribution >= 0.6 is 0 Å². The number of hydrogen-bond acceptors (Lipinski definition) is 5. The molecule has 0 aromatic heterocycles. The molecule has 1 unspecified atom stereocenters. The van der Waals surface area contributed by atoms with Crippen LogP contribution < -0.4 is 5.11 Å². The molecule has 0 fully saturated rings. The molecule has 18 heavy (non-hydrogen) atoms. The minimum Gasteiger partial charge on any atom is -0.858 e. The van der Waals surface area contributed by atoms with Crippen molar-refractivity contribution in [3.63, 3.8) is 0 Å². The van der Waals surface area contributed by atoms with E-state index in [2.05, 4.69) is 30.3 Å². The third-order valence-corrected chi connectivity index (χ3v) is 3.01. The highest BCUT2D eigenvalue weighted by Gasteiger charge is 2.24. The summed E-state index contributed by atoms with van der Waals surface area (Å²) >= 11 is 0. The number of hydrogen-bond donors (Lipinski definition) is 1. The van der Waals surface area contributed by atoms with E-state index in [9.17, 15) is 13.5 Å². The number of quaternary nitrogens is 1. The first kappa shape index (κ1) is 17.3. The highest BCUT2D eigenvalue weighted by atomic mass is 32.3. The molecule has 1 aliphatic rings. The summed E-state index contributed by atoms with van der Waals surface area (Å²) in [5.74, 6) is 0.0972. The average Bonchev–Trinajstić information content (AvgIpc) is 2.41. The summed E-state index contributed by atoms with van der Waals surface area (Å²) < 4.78 is 30.4. The Morgan fingerprint density at radius 2 is 1.89 bits per heavy atom. The van der Waals surface area contributed by atoms with Crippen molar-refractivity contribution in [2.24, 2.45) is 4.99 Å². The molecule has 1 atom stereocenters. The summed E-state index contributed by atoms with van der Waals surface area (Å²) in [5.41, 5.74) is 0. The molecule has 0 saturated carbocycles. The van der Waals surface area contributed by atoms with E-state index < -0.39 is 10.4 Å². The topological polar surface area (TPSA) is 99.0 Å². The van der Waals surface area contributed by atoms with Crippen molar-refractivity contribution >= 4 is 16.3 Å². The lowest BCUT2D eigenvalue weighted by molar-refractivity contribution is -0.888. The zero-order valence-corrected chi connectivity index (χ0v) is 12.1. The Balaban J connectivity index is 0.000000411. The molecule has 0 spiro atoms. The highest BCUT2D eigenvalue weighted by Crippen LogP contribution is 2.14. The van der Waals surface area contributed by atoms with Crippen LogP contribution in [0.1, 0.15) is 19.3 Å². The molecule has 0 aliphatic carbocycles. The van der Waals surface area contributed by atoms with Crippen LogP contribution in [0.25, 0.3) is 0 Å². The van der Waals surface area contributed by atoms with Gasteiger partial charge in [-0.1, -0.05) is 0 Å². The van der Waals surface area contributed by atoms with Gasteiger partial charge in [-0.15, -0.1) is 0 Å². The minimum atomic E-state index is -4.16.